The molecule has 22 heavy (non-hydrogen) atoms. The number of nitro benzene ring substituents is 1. The van der Waals surface area contributed by atoms with Crippen molar-refractivity contribution in [3.63, 3.8) is 0 Å². The van der Waals surface area contributed by atoms with E-state index in [0.29, 0.717) is 18.3 Å². The molecule has 0 radical (unpaired) electrons. The Morgan fingerprint density at radius 1 is 1.55 bits per heavy atom. The first kappa shape index (κ1) is 16.2. The molecule has 1 unspecified atom stereocenters. The van der Waals surface area contributed by atoms with E-state index < -0.39 is 4.92 Å². The normalized spacial score (nSPS) is 18.2. The molecule has 0 bridgehead atoms. The van der Waals surface area contributed by atoms with Gasteiger partial charge in [0.25, 0.3) is 11.6 Å². The molecule has 120 valence electrons. The number of likely N-dealkylation sites (tertiary alicyclic amines) is 1. The predicted octanol–water partition coefficient (Wildman–Crippen LogP) is 1.82. The molecule has 1 N–H and O–H groups in total. The van der Waals surface area contributed by atoms with E-state index >= 15 is 0 Å². The summed E-state index contributed by atoms with van der Waals surface area (Å²) < 4.78 is 5.12. The highest BCUT2D eigenvalue weighted by Gasteiger charge is 2.24. The smallest absolute Gasteiger partial charge is 0.270 e. The fourth-order valence-electron chi connectivity index (χ4n) is 2.84. The van der Waals surface area contributed by atoms with Crippen molar-refractivity contribution < 1.29 is 14.5 Å². The number of non-ortho nitro benzene ring substituents is 1. The highest BCUT2D eigenvalue weighted by atomic mass is 16.6. The van der Waals surface area contributed by atoms with Crippen LogP contribution in [0.25, 0.3) is 0 Å². The number of carbonyl (C=O) groups is 1. The molecule has 1 saturated heterocycles. The van der Waals surface area contributed by atoms with Crippen molar-refractivity contribution in [2.45, 2.75) is 25.8 Å². The number of amides is 1. The average molecular weight is 307 g/mol. The van der Waals surface area contributed by atoms with Gasteiger partial charge in [-0.05, 0) is 32.0 Å². The lowest BCUT2D eigenvalue weighted by Crippen LogP contribution is -2.40. The van der Waals surface area contributed by atoms with E-state index in [1.54, 1.807) is 0 Å². The van der Waals surface area contributed by atoms with Crippen LogP contribution in [0.5, 0.6) is 5.75 Å². The molecular formula is C15H21N3O4. The Bertz CT molecular complexity index is 562. The number of nitrogens with one attached hydrogen (secondary N) is 1. The molecule has 0 aromatic heterocycles. The van der Waals surface area contributed by atoms with Crippen LogP contribution in [-0.4, -0.2) is 48.5 Å². The zero-order chi connectivity index (χ0) is 16.1. The molecule has 1 amide bonds. The maximum absolute atomic E-state index is 12.3. The van der Waals surface area contributed by atoms with Crippen molar-refractivity contribution in [2.75, 3.05) is 26.7 Å². The van der Waals surface area contributed by atoms with Gasteiger partial charge in [-0.25, -0.2) is 0 Å². The molecule has 1 atom stereocenters. The van der Waals surface area contributed by atoms with Crippen LogP contribution in [0, 0.1) is 10.1 Å². The predicted molar refractivity (Wildman–Crippen MR) is 82.3 cm³/mol. The van der Waals surface area contributed by atoms with Gasteiger partial charge < -0.3 is 10.1 Å². The molecule has 0 saturated carbocycles. The van der Waals surface area contributed by atoms with E-state index in [1.807, 2.05) is 0 Å². The van der Waals surface area contributed by atoms with Crippen molar-refractivity contribution in [3.8, 4) is 5.75 Å². The second kappa shape index (κ2) is 7.22. The standard InChI is InChI=1S/C15H21N3O4/c1-3-17-8-4-5-12(17)10-16-15(19)13-9-11(18(20)21)6-7-14(13)22-2/h6-7,9,12H,3-5,8,10H2,1-2H3,(H,16,19). The van der Waals surface area contributed by atoms with Gasteiger partial charge in [-0.1, -0.05) is 6.92 Å². The summed E-state index contributed by atoms with van der Waals surface area (Å²) in [5, 5.41) is 13.7. The van der Waals surface area contributed by atoms with Gasteiger partial charge in [-0.3, -0.25) is 19.8 Å². The maximum atomic E-state index is 12.3. The van der Waals surface area contributed by atoms with Crippen LogP contribution in [0.2, 0.25) is 0 Å². The Morgan fingerprint density at radius 2 is 2.32 bits per heavy atom. The molecule has 7 nitrogen and oxygen atoms in total. The summed E-state index contributed by atoms with van der Waals surface area (Å²) >= 11 is 0. The molecule has 1 aromatic rings. The quantitative estimate of drug-likeness (QED) is 0.640. The number of hydrogen-bond acceptors (Lipinski definition) is 5. The fraction of sp³-hybridized carbons (Fsp3) is 0.533. The Kier molecular flexibility index (Phi) is 5.32. The van der Waals surface area contributed by atoms with Gasteiger partial charge in [0, 0.05) is 24.7 Å². The second-order valence-electron chi connectivity index (χ2n) is 5.28. The Labute approximate surface area is 129 Å². The molecule has 1 heterocycles. The third kappa shape index (κ3) is 3.54. The lowest BCUT2D eigenvalue weighted by Gasteiger charge is -2.23. The number of methoxy groups -OCH3 is 1. The van der Waals surface area contributed by atoms with E-state index in [0.717, 1.165) is 25.9 Å². The third-order valence-electron chi connectivity index (χ3n) is 4.04. The molecule has 0 spiro atoms. The van der Waals surface area contributed by atoms with Gasteiger partial charge >= 0.3 is 0 Å². The number of nitro groups is 1. The highest BCUT2D eigenvalue weighted by Crippen LogP contribution is 2.24. The average Bonchev–Trinajstić information content (AvgIpc) is 2.99. The monoisotopic (exact) mass is 307 g/mol. The SMILES string of the molecule is CCN1CCCC1CNC(=O)c1cc([N+](=O)[O-])ccc1OC. The number of carbonyl (C=O) groups excluding carboxylic acids is 1. The van der Waals surface area contributed by atoms with Crippen molar-refractivity contribution >= 4 is 11.6 Å². The molecule has 1 aromatic carbocycles. The summed E-state index contributed by atoms with van der Waals surface area (Å²) in [4.78, 5) is 25.0. The number of likely N-dealkylation sites (N-methyl/N-ethyl adjacent to an activating group) is 1. The summed E-state index contributed by atoms with van der Waals surface area (Å²) in [6.45, 7) is 4.65. The van der Waals surface area contributed by atoms with E-state index in [9.17, 15) is 14.9 Å². The first-order valence-electron chi connectivity index (χ1n) is 7.41. The first-order valence-corrected chi connectivity index (χ1v) is 7.41. The number of nitrogens with zero attached hydrogens (tertiary/aromatic N) is 2. The lowest BCUT2D eigenvalue weighted by molar-refractivity contribution is -0.384. The molecule has 1 fully saturated rings. The molecule has 7 heteroatoms. The lowest BCUT2D eigenvalue weighted by atomic mass is 10.1. The summed E-state index contributed by atoms with van der Waals surface area (Å²) in [7, 11) is 1.44. The molecular weight excluding hydrogens is 286 g/mol. The van der Waals surface area contributed by atoms with Crippen LogP contribution in [-0.2, 0) is 0 Å². The van der Waals surface area contributed by atoms with Gasteiger partial charge in [0.15, 0.2) is 0 Å². The van der Waals surface area contributed by atoms with E-state index in [4.69, 9.17) is 4.74 Å². The zero-order valence-electron chi connectivity index (χ0n) is 12.9. The third-order valence-corrected chi connectivity index (χ3v) is 4.04. The summed E-state index contributed by atoms with van der Waals surface area (Å²) in [6.07, 6.45) is 2.19. The molecule has 1 aliphatic rings. The van der Waals surface area contributed by atoms with E-state index in [2.05, 4.69) is 17.1 Å². The summed E-state index contributed by atoms with van der Waals surface area (Å²) in [6, 6.07) is 4.35. The van der Waals surface area contributed by atoms with Crippen molar-refractivity contribution in [1.29, 1.82) is 0 Å². The molecule has 1 aliphatic heterocycles. The minimum absolute atomic E-state index is 0.123. The van der Waals surface area contributed by atoms with Gasteiger partial charge in [0.1, 0.15) is 5.75 Å². The fourth-order valence-corrected chi connectivity index (χ4v) is 2.84. The molecule has 2 rings (SSSR count). The Morgan fingerprint density at radius 3 is 2.95 bits per heavy atom. The number of rotatable bonds is 6. The number of benzene rings is 1. The van der Waals surface area contributed by atoms with E-state index in [1.165, 1.54) is 25.3 Å². The van der Waals surface area contributed by atoms with Crippen LogP contribution in [0.3, 0.4) is 0 Å². The van der Waals surface area contributed by atoms with Crippen molar-refractivity contribution in [1.82, 2.24) is 10.2 Å². The van der Waals surface area contributed by atoms with Gasteiger partial charge in [0.05, 0.1) is 17.6 Å². The summed E-state index contributed by atoms with van der Waals surface area (Å²) in [5.41, 5.74) is 0.0692. The van der Waals surface area contributed by atoms with Gasteiger partial charge in [0.2, 0.25) is 0 Å². The van der Waals surface area contributed by atoms with Crippen molar-refractivity contribution in [2.24, 2.45) is 0 Å². The van der Waals surface area contributed by atoms with Crippen LogP contribution in [0.15, 0.2) is 18.2 Å². The van der Waals surface area contributed by atoms with Crippen molar-refractivity contribution in [3.05, 3.63) is 33.9 Å². The molecule has 0 aliphatic carbocycles. The number of hydrogen-bond donors (Lipinski definition) is 1. The summed E-state index contributed by atoms with van der Waals surface area (Å²) in [5.74, 6) is -0.00891. The minimum Gasteiger partial charge on any atom is -0.496 e. The van der Waals surface area contributed by atoms with Gasteiger partial charge in [-0.15, -0.1) is 0 Å². The Hall–Kier alpha value is -2.15. The van der Waals surface area contributed by atoms with Gasteiger partial charge in [-0.2, -0.15) is 0 Å². The minimum atomic E-state index is -0.522. The first-order chi connectivity index (χ1) is 10.6. The number of ether oxygens (including phenoxy) is 1. The van der Waals surface area contributed by atoms with Crippen LogP contribution >= 0.6 is 0 Å². The maximum Gasteiger partial charge on any atom is 0.270 e. The Balaban J connectivity index is 2.08. The largest absolute Gasteiger partial charge is 0.496 e. The second-order valence-corrected chi connectivity index (χ2v) is 5.28. The van der Waals surface area contributed by atoms with E-state index in [-0.39, 0.29) is 17.2 Å². The highest BCUT2D eigenvalue weighted by molar-refractivity contribution is 5.97. The topological polar surface area (TPSA) is 84.7 Å². The van der Waals surface area contributed by atoms with Crippen LogP contribution in [0.1, 0.15) is 30.1 Å². The van der Waals surface area contributed by atoms with Crippen LogP contribution < -0.4 is 10.1 Å². The zero-order valence-corrected chi connectivity index (χ0v) is 12.9. The van der Waals surface area contributed by atoms with Crippen LogP contribution in [0.4, 0.5) is 5.69 Å².